The smallest absolute Gasteiger partial charge is 0.323 e. The normalized spacial score (nSPS) is 20.8. The Kier molecular flexibility index (Phi) is 5.14. The van der Waals surface area contributed by atoms with Crippen LogP contribution < -0.4 is 5.32 Å². The second-order valence-electron chi connectivity index (χ2n) is 5.62. The third kappa shape index (κ3) is 4.64. The predicted molar refractivity (Wildman–Crippen MR) is 69.1 cm³/mol. The van der Waals surface area contributed by atoms with Gasteiger partial charge in [0.15, 0.2) is 0 Å². The van der Waals surface area contributed by atoms with Crippen LogP contribution in [0, 0.1) is 0 Å². The number of rotatable bonds is 4. The Bertz CT molecular complexity index is 310. The average molecular weight is 256 g/mol. The number of ether oxygens (including phenoxy) is 1. The number of esters is 1. The minimum atomic E-state index is -0.475. The van der Waals surface area contributed by atoms with Gasteiger partial charge in [0.05, 0.1) is 6.54 Å². The lowest BCUT2D eigenvalue weighted by atomic mass is 10.1. The van der Waals surface area contributed by atoms with Crippen LogP contribution in [0.25, 0.3) is 0 Å². The highest BCUT2D eigenvalue weighted by Crippen LogP contribution is 2.20. The summed E-state index contributed by atoms with van der Waals surface area (Å²) < 4.78 is 5.38. The van der Waals surface area contributed by atoms with Crippen LogP contribution >= 0.6 is 0 Å². The molecule has 0 spiro atoms. The van der Waals surface area contributed by atoms with Crippen molar-refractivity contribution in [3.63, 3.8) is 0 Å². The highest BCUT2D eigenvalue weighted by Gasteiger charge is 2.34. The molecule has 5 nitrogen and oxygen atoms in total. The minimum Gasteiger partial charge on any atom is -0.459 e. The third-order valence-electron chi connectivity index (χ3n) is 2.76. The molecular weight excluding hydrogens is 232 g/mol. The molecule has 1 fully saturated rings. The number of amides is 1. The largest absolute Gasteiger partial charge is 0.459 e. The van der Waals surface area contributed by atoms with Crippen LogP contribution in [0.3, 0.4) is 0 Å². The van der Waals surface area contributed by atoms with Gasteiger partial charge in [0.25, 0.3) is 0 Å². The zero-order chi connectivity index (χ0) is 13.8. The summed E-state index contributed by atoms with van der Waals surface area (Å²) >= 11 is 0. The molecule has 1 aliphatic rings. The fourth-order valence-corrected chi connectivity index (χ4v) is 2.09. The first kappa shape index (κ1) is 15.0. The van der Waals surface area contributed by atoms with E-state index in [-0.39, 0.29) is 24.5 Å². The Morgan fingerprint density at radius 3 is 2.61 bits per heavy atom. The van der Waals surface area contributed by atoms with Crippen LogP contribution in [0.4, 0.5) is 0 Å². The summed E-state index contributed by atoms with van der Waals surface area (Å²) in [6, 6.07) is -0.271. The summed E-state index contributed by atoms with van der Waals surface area (Å²) in [5, 5.41) is 2.75. The van der Waals surface area contributed by atoms with E-state index in [1.54, 1.807) is 0 Å². The number of hydrogen-bond acceptors (Lipinski definition) is 4. The first-order chi connectivity index (χ1) is 8.33. The highest BCUT2D eigenvalue weighted by molar-refractivity contribution is 5.81. The van der Waals surface area contributed by atoms with Gasteiger partial charge in [-0.3, -0.25) is 14.5 Å². The molecule has 5 heteroatoms. The molecule has 0 aromatic rings. The van der Waals surface area contributed by atoms with E-state index < -0.39 is 5.60 Å². The monoisotopic (exact) mass is 256 g/mol. The van der Waals surface area contributed by atoms with Crippen LogP contribution in [0.1, 0.15) is 40.5 Å². The second kappa shape index (κ2) is 6.18. The van der Waals surface area contributed by atoms with Crippen LogP contribution in [0.15, 0.2) is 0 Å². The molecule has 18 heavy (non-hydrogen) atoms. The number of likely N-dealkylation sites (tertiary alicyclic amines) is 1. The van der Waals surface area contributed by atoms with Crippen LogP contribution in [-0.4, -0.2) is 48.1 Å². The van der Waals surface area contributed by atoms with Gasteiger partial charge in [-0.1, -0.05) is 0 Å². The van der Waals surface area contributed by atoms with Crippen molar-refractivity contribution in [2.75, 3.05) is 19.6 Å². The van der Waals surface area contributed by atoms with Gasteiger partial charge in [0.2, 0.25) is 5.91 Å². The maximum atomic E-state index is 12.0. The van der Waals surface area contributed by atoms with Crippen molar-refractivity contribution in [1.82, 2.24) is 10.2 Å². The number of nitrogens with one attached hydrogen (secondary N) is 1. The predicted octanol–water partition coefficient (Wildman–Crippen LogP) is 0.929. The minimum absolute atomic E-state index is 0.0343. The third-order valence-corrected chi connectivity index (χ3v) is 2.76. The Hall–Kier alpha value is -1.10. The number of carbonyl (C=O) groups is 2. The van der Waals surface area contributed by atoms with Gasteiger partial charge in [0.1, 0.15) is 11.6 Å². The summed E-state index contributed by atoms with van der Waals surface area (Å²) in [6.45, 7) is 9.12. The fourth-order valence-electron chi connectivity index (χ4n) is 2.09. The molecule has 1 saturated heterocycles. The lowest BCUT2D eigenvalue weighted by Gasteiger charge is -2.26. The van der Waals surface area contributed by atoms with Crippen molar-refractivity contribution >= 4 is 11.9 Å². The molecule has 0 bridgehead atoms. The Labute approximate surface area is 109 Å². The molecule has 1 atom stereocenters. The van der Waals surface area contributed by atoms with E-state index >= 15 is 0 Å². The van der Waals surface area contributed by atoms with E-state index in [1.165, 1.54) is 0 Å². The summed E-state index contributed by atoms with van der Waals surface area (Å²) in [5.74, 6) is -0.253. The molecule has 0 aliphatic carbocycles. The molecule has 104 valence electrons. The highest BCUT2D eigenvalue weighted by atomic mass is 16.6. The van der Waals surface area contributed by atoms with Crippen molar-refractivity contribution in [3.8, 4) is 0 Å². The van der Waals surface area contributed by atoms with E-state index in [9.17, 15) is 9.59 Å². The Morgan fingerprint density at radius 2 is 2.06 bits per heavy atom. The summed E-state index contributed by atoms with van der Waals surface area (Å²) in [7, 11) is 0. The molecule has 1 rings (SSSR count). The molecular formula is C13H24N2O3. The average Bonchev–Trinajstić information content (AvgIpc) is 2.63. The maximum absolute atomic E-state index is 12.0. The molecule has 0 unspecified atom stereocenters. The van der Waals surface area contributed by atoms with Gasteiger partial charge >= 0.3 is 5.97 Å². The lowest BCUT2D eigenvalue weighted by molar-refractivity contribution is -0.160. The first-order valence-electron chi connectivity index (χ1n) is 6.57. The van der Waals surface area contributed by atoms with Gasteiger partial charge in [-0.05, 0) is 47.1 Å². The molecule has 0 aromatic carbocycles. The zero-order valence-corrected chi connectivity index (χ0v) is 11.8. The lowest BCUT2D eigenvalue weighted by Crippen LogP contribution is -2.45. The molecule has 1 heterocycles. The topological polar surface area (TPSA) is 58.6 Å². The maximum Gasteiger partial charge on any atom is 0.323 e. The van der Waals surface area contributed by atoms with Crippen molar-refractivity contribution in [2.45, 2.75) is 52.2 Å². The fraction of sp³-hybridized carbons (Fsp3) is 0.846. The van der Waals surface area contributed by atoms with Crippen LogP contribution in [-0.2, 0) is 14.3 Å². The molecule has 0 aromatic heterocycles. The molecule has 0 radical (unpaired) electrons. The van der Waals surface area contributed by atoms with Crippen LogP contribution in [0.2, 0.25) is 0 Å². The number of hydrogen-bond donors (Lipinski definition) is 1. The number of nitrogens with zero attached hydrogens (tertiary/aromatic N) is 1. The molecule has 1 aliphatic heterocycles. The Balaban J connectivity index is 2.54. The first-order valence-corrected chi connectivity index (χ1v) is 6.57. The molecule has 0 saturated carbocycles. The van der Waals surface area contributed by atoms with E-state index in [4.69, 9.17) is 4.74 Å². The van der Waals surface area contributed by atoms with Crippen LogP contribution in [0.5, 0.6) is 0 Å². The van der Waals surface area contributed by atoms with Gasteiger partial charge in [0, 0.05) is 6.54 Å². The van der Waals surface area contributed by atoms with Crippen molar-refractivity contribution in [3.05, 3.63) is 0 Å². The molecule has 1 amide bonds. The quantitative estimate of drug-likeness (QED) is 0.760. The van der Waals surface area contributed by atoms with E-state index in [2.05, 4.69) is 5.32 Å². The van der Waals surface area contributed by atoms with Gasteiger partial charge in [-0.15, -0.1) is 0 Å². The summed E-state index contributed by atoms with van der Waals surface area (Å²) in [4.78, 5) is 25.5. The summed E-state index contributed by atoms with van der Waals surface area (Å²) in [6.07, 6.45) is 1.71. The van der Waals surface area contributed by atoms with Gasteiger partial charge in [-0.2, -0.15) is 0 Å². The van der Waals surface area contributed by atoms with Crippen molar-refractivity contribution in [2.24, 2.45) is 0 Å². The van der Waals surface area contributed by atoms with E-state index in [1.807, 2.05) is 32.6 Å². The van der Waals surface area contributed by atoms with Crippen molar-refractivity contribution in [1.29, 1.82) is 0 Å². The summed E-state index contributed by atoms with van der Waals surface area (Å²) in [5.41, 5.74) is -0.475. The zero-order valence-electron chi connectivity index (χ0n) is 11.8. The van der Waals surface area contributed by atoms with Gasteiger partial charge in [-0.25, -0.2) is 0 Å². The van der Waals surface area contributed by atoms with Gasteiger partial charge < -0.3 is 10.1 Å². The number of likely N-dealkylation sites (N-methyl/N-ethyl adjacent to an activating group) is 1. The number of carbonyl (C=O) groups excluding carboxylic acids is 2. The Morgan fingerprint density at radius 1 is 1.39 bits per heavy atom. The van der Waals surface area contributed by atoms with E-state index in [0.717, 1.165) is 19.4 Å². The van der Waals surface area contributed by atoms with Crippen molar-refractivity contribution < 1.29 is 14.3 Å². The van der Waals surface area contributed by atoms with E-state index in [0.29, 0.717) is 6.54 Å². The second-order valence-corrected chi connectivity index (χ2v) is 5.62. The SMILES string of the molecule is CCNC(=O)CN1CCC[C@H]1C(=O)OC(C)(C)C. The standard InChI is InChI=1S/C13H24N2O3/c1-5-14-11(16)9-15-8-6-7-10(15)12(17)18-13(2,3)4/h10H,5-9H2,1-4H3,(H,14,16)/t10-/m0/s1. The molecule has 1 N–H and O–H groups in total.